The maximum Gasteiger partial charge on any atom is 0.0463 e. The Morgan fingerprint density at radius 3 is 1.55 bits per heavy atom. The molecule has 0 fully saturated rings. The van der Waals surface area contributed by atoms with Crippen molar-refractivity contribution in [2.45, 2.75) is 0 Å². The predicted octanol–water partition coefficient (Wildman–Crippen LogP) is 7.78. The van der Waals surface area contributed by atoms with Crippen molar-refractivity contribution in [1.29, 1.82) is 0 Å². The Morgan fingerprint density at radius 2 is 1.03 bits per heavy atom. The van der Waals surface area contributed by atoms with Gasteiger partial charge in [-0.05, 0) is 89.8 Å². The van der Waals surface area contributed by atoms with Gasteiger partial charge in [-0.15, -0.1) is 22.7 Å². The minimum absolute atomic E-state index is 0.746. The van der Waals surface area contributed by atoms with Crippen molar-refractivity contribution in [2.75, 3.05) is 16.4 Å². The molecule has 3 nitrogen and oxygen atoms in total. The number of rotatable bonds is 5. The summed E-state index contributed by atoms with van der Waals surface area (Å²) in [5, 5.41) is 2.12. The fourth-order valence-electron chi connectivity index (χ4n) is 3.51. The highest BCUT2D eigenvalue weighted by atomic mass is 32.1. The molecule has 2 aromatic heterocycles. The smallest absolute Gasteiger partial charge is 0.0463 e. The van der Waals surface area contributed by atoms with E-state index in [1.807, 2.05) is 59.9 Å². The van der Waals surface area contributed by atoms with Crippen molar-refractivity contribution in [1.82, 2.24) is 0 Å². The second kappa shape index (κ2) is 8.30. The summed E-state index contributed by atoms with van der Waals surface area (Å²) in [5.74, 6) is 0. The topological polar surface area (TPSA) is 55.3 Å². The highest BCUT2D eigenvalue weighted by Gasteiger charge is 2.13. The molecule has 4 N–H and O–H groups in total. The molecule has 0 aliphatic rings. The average molecular weight is 440 g/mol. The van der Waals surface area contributed by atoms with Crippen molar-refractivity contribution in [3.05, 3.63) is 102 Å². The van der Waals surface area contributed by atoms with Crippen molar-refractivity contribution in [3.8, 4) is 20.2 Å². The quantitative estimate of drug-likeness (QED) is 0.275. The minimum atomic E-state index is 0.746. The number of hydrogen-bond acceptors (Lipinski definition) is 5. The van der Waals surface area contributed by atoms with E-state index in [1.165, 1.54) is 20.2 Å². The first kappa shape index (κ1) is 19.4. The third-order valence-corrected chi connectivity index (χ3v) is 7.28. The molecule has 0 bridgehead atoms. The molecule has 3 aromatic carbocycles. The molecular formula is C26H21N3S2. The Bertz CT molecular complexity index is 1220. The monoisotopic (exact) mass is 439 g/mol. The molecule has 0 saturated carbocycles. The number of thiophene rings is 2. The van der Waals surface area contributed by atoms with Crippen molar-refractivity contribution >= 4 is 51.1 Å². The van der Waals surface area contributed by atoms with Crippen LogP contribution in [0.15, 0.2) is 102 Å². The van der Waals surface area contributed by atoms with E-state index in [0.717, 1.165) is 28.4 Å². The van der Waals surface area contributed by atoms with Gasteiger partial charge in [0.05, 0.1) is 0 Å². The van der Waals surface area contributed by atoms with Gasteiger partial charge in [0.25, 0.3) is 0 Å². The Hall–Kier alpha value is -3.54. The van der Waals surface area contributed by atoms with E-state index in [-0.39, 0.29) is 0 Å². The lowest BCUT2D eigenvalue weighted by Gasteiger charge is -2.25. The van der Waals surface area contributed by atoms with Gasteiger partial charge in [0, 0.05) is 43.1 Å². The van der Waals surface area contributed by atoms with Gasteiger partial charge in [0.1, 0.15) is 0 Å². The molecule has 5 rings (SSSR count). The fourth-order valence-corrected chi connectivity index (χ4v) is 5.36. The number of anilines is 5. The minimum Gasteiger partial charge on any atom is -0.399 e. The molecule has 31 heavy (non-hydrogen) atoms. The number of benzene rings is 3. The largest absolute Gasteiger partial charge is 0.399 e. The van der Waals surface area contributed by atoms with Crippen LogP contribution >= 0.6 is 22.7 Å². The first-order valence-electron chi connectivity index (χ1n) is 9.93. The van der Waals surface area contributed by atoms with Crippen LogP contribution in [-0.2, 0) is 0 Å². The lowest BCUT2D eigenvalue weighted by molar-refractivity contribution is 1.28. The van der Waals surface area contributed by atoms with Crippen LogP contribution in [0.3, 0.4) is 0 Å². The Balaban J connectivity index is 1.50. The van der Waals surface area contributed by atoms with Gasteiger partial charge in [0.2, 0.25) is 0 Å². The maximum absolute atomic E-state index is 5.91. The summed E-state index contributed by atoms with van der Waals surface area (Å²) in [5.41, 5.74) is 17.7. The van der Waals surface area contributed by atoms with Crippen LogP contribution in [0.5, 0.6) is 0 Å². The zero-order chi connectivity index (χ0) is 21.2. The summed E-state index contributed by atoms with van der Waals surface area (Å²) in [6.07, 6.45) is 0. The molecule has 0 aliphatic carbocycles. The Labute approximate surface area is 189 Å². The van der Waals surface area contributed by atoms with E-state index in [4.69, 9.17) is 11.5 Å². The highest BCUT2D eigenvalue weighted by Crippen LogP contribution is 2.39. The highest BCUT2D eigenvalue weighted by molar-refractivity contribution is 7.23. The third-order valence-electron chi connectivity index (χ3n) is 5.08. The van der Waals surface area contributed by atoms with Crippen LogP contribution in [0.4, 0.5) is 28.4 Å². The molecule has 0 radical (unpaired) electrons. The van der Waals surface area contributed by atoms with E-state index in [1.54, 1.807) is 11.3 Å². The van der Waals surface area contributed by atoms with E-state index in [2.05, 4.69) is 58.8 Å². The summed E-state index contributed by atoms with van der Waals surface area (Å²) < 4.78 is 0. The lowest BCUT2D eigenvalue weighted by Crippen LogP contribution is -2.10. The molecule has 5 heteroatoms. The maximum atomic E-state index is 5.91. The second-order valence-corrected chi connectivity index (χ2v) is 9.24. The van der Waals surface area contributed by atoms with Gasteiger partial charge in [-0.1, -0.05) is 18.2 Å². The molecular weight excluding hydrogens is 418 g/mol. The zero-order valence-electron chi connectivity index (χ0n) is 16.7. The van der Waals surface area contributed by atoms with Crippen LogP contribution in [0.25, 0.3) is 20.2 Å². The lowest BCUT2D eigenvalue weighted by atomic mass is 10.1. The molecule has 0 spiro atoms. The molecule has 152 valence electrons. The van der Waals surface area contributed by atoms with Gasteiger partial charge in [-0.2, -0.15) is 0 Å². The van der Waals surface area contributed by atoms with Crippen LogP contribution < -0.4 is 16.4 Å². The number of nitrogen functional groups attached to an aromatic ring is 2. The second-order valence-electron chi connectivity index (χ2n) is 7.21. The normalized spacial score (nSPS) is 10.8. The average Bonchev–Trinajstić information content (AvgIpc) is 3.49. The summed E-state index contributed by atoms with van der Waals surface area (Å²) in [6.45, 7) is 0. The van der Waals surface area contributed by atoms with Crippen molar-refractivity contribution in [3.63, 3.8) is 0 Å². The molecule has 0 atom stereocenters. The summed E-state index contributed by atoms with van der Waals surface area (Å²) in [6, 6.07) is 33.2. The van der Waals surface area contributed by atoms with E-state index >= 15 is 0 Å². The zero-order valence-corrected chi connectivity index (χ0v) is 18.4. The van der Waals surface area contributed by atoms with Gasteiger partial charge in [-0.3, -0.25) is 0 Å². The molecule has 0 aliphatic heterocycles. The van der Waals surface area contributed by atoms with Gasteiger partial charge >= 0.3 is 0 Å². The molecule has 0 unspecified atom stereocenters. The standard InChI is InChI=1S/C26H21N3S2/c27-19-5-11-22(12-6-19)29(23-13-7-20(28)8-14-23)21-9-3-18(4-10-21)24-15-16-26(31-24)25-2-1-17-30-25/h1-17H,27-28H2. The fraction of sp³-hybridized carbons (Fsp3) is 0. The Morgan fingerprint density at radius 1 is 0.516 bits per heavy atom. The Kier molecular flexibility index (Phi) is 5.20. The van der Waals surface area contributed by atoms with Gasteiger partial charge < -0.3 is 16.4 Å². The van der Waals surface area contributed by atoms with E-state index < -0.39 is 0 Å². The van der Waals surface area contributed by atoms with Crippen LogP contribution in [0.1, 0.15) is 0 Å². The van der Waals surface area contributed by atoms with Crippen LogP contribution in [0.2, 0.25) is 0 Å². The van der Waals surface area contributed by atoms with Crippen LogP contribution in [0, 0.1) is 0 Å². The van der Waals surface area contributed by atoms with Crippen LogP contribution in [-0.4, -0.2) is 0 Å². The molecule has 0 amide bonds. The summed E-state index contributed by atoms with van der Waals surface area (Å²) in [7, 11) is 0. The summed E-state index contributed by atoms with van der Waals surface area (Å²) >= 11 is 3.60. The van der Waals surface area contributed by atoms with Crippen molar-refractivity contribution in [2.24, 2.45) is 0 Å². The summed E-state index contributed by atoms with van der Waals surface area (Å²) in [4.78, 5) is 6.08. The van der Waals surface area contributed by atoms with Gasteiger partial charge in [0.15, 0.2) is 0 Å². The van der Waals surface area contributed by atoms with Crippen molar-refractivity contribution < 1.29 is 0 Å². The SMILES string of the molecule is Nc1ccc(N(c2ccc(N)cc2)c2ccc(-c3ccc(-c4cccs4)s3)cc2)cc1. The molecule has 2 heterocycles. The predicted molar refractivity (Wildman–Crippen MR) is 137 cm³/mol. The van der Waals surface area contributed by atoms with Gasteiger partial charge in [-0.25, -0.2) is 0 Å². The number of nitrogens with two attached hydrogens (primary N) is 2. The third kappa shape index (κ3) is 4.06. The first-order chi connectivity index (χ1) is 15.2. The van der Waals surface area contributed by atoms with E-state index in [9.17, 15) is 0 Å². The molecule has 0 saturated heterocycles. The number of nitrogens with zero attached hydrogens (tertiary/aromatic N) is 1. The first-order valence-corrected chi connectivity index (χ1v) is 11.6. The molecule has 5 aromatic rings. The van der Waals surface area contributed by atoms with E-state index in [0.29, 0.717) is 0 Å². The number of hydrogen-bond donors (Lipinski definition) is 2.